The number of esters is 1. The van der Waals surface area contributed by atoms with Gasteiger partial charge >= 0.3 is 5.97 Å². The van der Waals surface area contributed by atoms with Gasteiger partial charge in [-0.1, -0.05) is 102 Å². The number of unbranched alkanes of at least 4 members (excludes halogenated alkanes) is 1. The molecular formula is C38H46BrN3O7. The number of carbonyl (C=O) groups is 4. The lowest BCUT2D eigenvalue weighted by Crippen LogP contribution is -2.57. The van der Waals surface area contributed by atoms with Crippen LogP contribution in [0.3, 0.4) is 0 Å². The molecule has 2 aromatic rings. The Morgan fingerprint density at radius 3 is 2.41 bits per heavy atom. The van der Waals surface area contributed by atoms with E-state index in [0.717, 1.165) is 18.4 Å². The molecule has 2 N–H and O–H groups in total. The van der Waals surface area contributed by atoms with Crippen molar-refractivity contribution < 1.29 is 33.8 Å². The van der Waals surface area contributed by atoms with Crippen molar-refractivity contribution in [2.45, 2.75) is 73.7 Å². The summed E-state index contributed by atoms with van der Waals surface area (Å²) in [5.41, 5.74) is 0.0847. The van der Waals surface area contributed by atoms with Crippen LogP contribution in [0.1, 0.15) is 62.2 Å². The van der Waals surface area contributed by atoms with Crippen LogP contribution in [-0.4, -0.2) is 87.5 Å². The van der Waals surface area contributed by atoms with Gasteiger partial charge in [-0.3, -0.25) is 19.2 Å². The maximum atomic E-state index is 14.8. The molecule has 8 atom stereocenters. The van der Waals surface area contributed by atoms with Crippen LogP contribution in [0.5, 0.6) is 0 Å². The summed E-state index contributed by atoms with van der Waals surface area (Å²) in [4.78, 5) is 59.2. The fraction of sp³-hybridized carbons (Fsp3) is 0.474. The summed E-state index contributed by atoms with van der Waals surface area (Å²) in [5, 5.41) is 13.9. The third-order valence-electron chi connectivity index (χ3n) is 9.88. The fourth-order valence-corrected chi connectivity index (χ4v) is 8.57. The molecule has 3 aliphatic rings. The van der Waals surface area contributed by atoms with Gasteiger partial charge in [0, 0.05) is 24.3 Å². The Morgan fingerprint density at radius 1 is 1.12 bits per heavy atom. The summed E-state index contributed by atoms with van der Waals surface area (Å²) < 4.78 is 12.3. The van der Waals surface area contributed by atoms with Crippen molar-refractivity contribution >= 4 is 39.6 Å². The standard InChI is InChI=1S/C38H46BrN3O7/c1-4-7-19-30(44)48-24-28(25-15-11-9-12-16-25)40-35(45)31-32-36(46)42(29(23-43)26-17-13-10-14-18-26)34(38(32)22-27(39)33(31)49-38)37(47)41(20-6-3)21-8-5-2/h4,6,9-18,27-29,31-34,43H,1,3,5,7-8,19-24H2,2H3,(H,40,45)/t27?,28-,29+,31+,32-,33+,34+,38-/m0/s1. The topological polar surface area (TPSA) is 125 Å². The quantitative estimate of drug-likeness (QED) is 0.138. The van der Waals surface area contributed by atoms with Crippen molar-refractivity contribution in [1.29, 1.82) is 0 Å². The maximum Gasteiger partial charge on any atom is 0.306 e. The van der Waals surface area contributed by atoms with Gasteiger partial charge in [0.05, 0.1) is 36.6 Å². The van der Waals surface area contributed by atoms with E-state index in [2.05, 4.69) is 34.4 Å². The second kappa shape index (κ2) is 16.3. The van der Waals surface area contributed by atoms with E-state index in [9.17, 15) is 24.3 Å². The van der Waals surface area contributed by atoms with Crippen molar-refractivity contribution in [1.82, 2.24) is 15.1 Å². The highest BCUT2D eigenvalue weighted by Gasteiger charge is 2.77. The van der Waals surface area contributed by atoms with E-state index in [0.29, 0.717) is 24.9 Å². The number of halogens is 1. The number of carbonyl (C=O) groups excluding carboxylic acids is 4. The molecular weight excluding hydrogens is 690 g/mol. The molecule has 49 heavy (non-hydrogen) atoms. The lowest BCUT2D eigenvalue weighted by Gasteiger charge is -2.39. The molecule has 0 aromatic heterocycles. The number of ether oxygens (including phenoxy) is 2. The highest BCUT2D eigenvalue weighted by molar-refractivity contribution is 9.09. The number of allylic oxidation sites excluding steroid dienone is 1. The highest BCUT2D eigenvalue weighted by Crippen LogP contribution is 2.61. The van der Waals surface area contributed by atoms with Crippen LogP contribution in [0.25, 0.3) is 0 Å². The Balaban J connectivity index is 1.52. The smallest absolute Gasteiger partial charge is 0.306 e. The third-order valence-corrected chi connectivity index (χ3v) is 10.7. The van der Waals surface area contributed by atoms with E-state index in [1.54, 1.807) is 17.1 Å². The van der Waals surface area contributed by atoms with E-state index in [1.807, 2.05) is 67.6 Å². The van der Waals surface area contributed by atoms with Crippen LogP contribution < -0.4 is 5.32 Å². The van der Waals surface area contributed by atoms with Crippen LogP contribution in [0.15, 0.2) is 86.0 Å². The number of rotatable bonds is 17. The van der Waals surface area contributed by atoms with Crippen molar-refractivity contribution in [2.75, 3.05) is 26.3 Å². The van der Waals surface area contributed by atoms with Crippen LogP contribution in [-0.2, 0) is 28.7 Å². The number of fused-ring (bicyclic) bond motifs is 1. The molecule has 0 saturated carbocycles. The molecule has 1 unspecified atom stereocenters. The SMILES string of the molecule is C=CCCC(=O)OC[C@H](NC(=O)[C@H]1[C@@H]2O[C@@]3(CC2Br)[C@@H]1C(=O)N([C@H](CO)c1ccccc1)[C@@H]3C(=O)N(CC=C)CCCC)c1ccccc1. The van der Waals surface area contributed by atoms with Gasteiger partial charge in [-0.15, -0.1) is 13.2 Å². The van der Waals surface area contributed by atoms with Gasteiger partial charge < -0.3 is 29.7 Å². The first-order chi connectivity index (χ1) is 23.7. The molecule has 0 aliphatic carbocycles. The molecule has 10 nitrogen and oxygen atoms in total. The molecule has 2 aromatic carbocycles. The summed E-state index contributed by atoms with van der Waals surface area (Å²) in [6, 6.07) is 15.7. The summed E-state index contributed by atoms with van der Waals surface area (Å²) in [6.45, 7) is 9.76. The number of aliphatic hydroxyl groups is 1. The number of alkyl halides is 1. The largest absolute Gasteiger partial charge is 0.463 e. The zero-order valence-electron chi connectivity index (χ0n) is 27.9. The van der Waals surface area contributed by atoms with Crippen molar-refractivity contribution in [3.8, 4) is 0 Å². The van der Waals surface area contributed by atoms with Gasteiger partial charge in [-0.25, -0.2) is 0 Å². The molecule has 5 rings (SSSR count). The van der Waals surface area contributed by atoms with Gasteiger partial charge in [0.2, 0.25) is 17.7 Å². The number of benzene rings is 2. The molecule has 3 fully saturated rings. The average Bonchev–Trinajstić information content (AvgIpc) is 3.71. The van der Waals surface area contributed by atoms with Gasteiger partial charge in [-0.2, -0.15) is 0 Å². The number of aliphatic hydroxyl groups excluding tert-OH is 1. The van der Waals surface area contributed by atoms with Crippen molar-refractivity contribution in [3.05, 3.63) is 97.1 Å². The minimum absolute atomic E-state index is 0.104. The Kier molecular flexibility index (Phi) is 12.1. The molecule has 1 spiro atoms. The van der Waals surface area contributed by atoms with Crippen LogP contribution in [0, 0.1) is 11.8 Å². The normalized spacial score (nSPS) is 26.5. The molecule has 11 heteroatoms. The fourth-order valence-electron chi connectivity index (χ4n) is 7.62. The zero-order valence-corrected chi connectivity index (χ0v) is 29.5. The first-order valence-corrected chi connectivity index (χ1v) is 17.9. The van der Waals surface area contributed by atoms with Crippen molar-refractivity contribution in [3.63, 3.8) is 0 Å². The lowest BCUT2D eigenvalue weighted by atomic mass is 9.70. The van der Waals surface area contributed by atoms with Crippen molar-refractivity contribution in [2.24, 2.45) is 11.8 Å². The van der Waals surface area contributed by atoms with E-state index in [-0.39, 0.29) is 30.3 Å². The first-order valence-electron chi connectivity index (χ1n) is 17.0. The Labute approximate surface area is 296 Å². The van der Waals surface area contributed by atoms with E-state index in [1.165, 1.54) is 4.90 Å². The summed E-state index contributed by atoms with van der Waals surface area (Å²) in [5.74, 6) is -3.50. The predicted octanol–water partition coefficient (Wildman–Crippen LogP) is 4.65. The summed E-state index contributed by atoms with van der Waals surface area (Å²) >= 11 is 3.74. The number of nitrogens with zero attached hydrogens (tertiary/aromatic N) is 2. The molecule has 3 amide bonds. The molecule has 3 heterocycles. The minimum Gasteiger partial charge on any atom is -0.463 e. The van der Waals surface area contributed by atoms with Crippen LogP contribution in [0.2, 0.25) is 0 Å². The molecule has 3 aliphatic heterocycles. The van der Waals surface area contributed by atoms with E-state index < -0.39 is 66.1 Å². The Bertz CT molecular complexity index is 1510. The number of hydrogen-bond donors (Lipinski definition) is 2. The maximum absolute atomic E-state index is 14.8. The second-order valence-electron chi connectivity index (χ2n) is 12.9. The zero-order chi connectivity index (χ0) is 35.1. The van der Waals surface area contributed by atoms with Gasteiger partial charge in [0.25, 0.3) is 0 Å². The van der Waals surface area contributed by atoms with E-state index >= 15 is 0 Å². The number of hydrogen-bond acceptors (Lipinski definition) is 7. The second-order valence-corrected chi connectivity index (χ2v) is 14.1. The first kappa shape index (κ1) is 36.5. The number of amides is 3. The van der Waals surface area contributed by atoms with Crippen LogP contribution >= 0.6 is 15.9 Å². The Morgan fingerprint density at radius 2 is 1.80 bits per heavy atom. The molecule has 2 bridgehead atoms. The predicted molar refractivity (Wildman–Crippen MR) is 188 cm³/mol. The van der Waals surface area contributed by atoms with Gasteiger partial charge in [0.15, 0.2) is 0 Å². The average molecular weight is 737 g/mol. The summed E-state index contributed by atoms with van der Waals surface area (Å²) in [7, 11) is 0. The third kappa shape index (κ3) is 7.25. The summed E-state index contributed by atoms with van der Waals surface area (Å²) in [6.07, 6.45) is 5.20. The number of likely N-dealkylation sites (tertiary alicyclic amines) is 1. The Hall–Kier alpha value is -3.80. The minimum atomic E-state index is -1.32. The molecule has 3 saturated heterocycles. The highest BCUT2D eigenvalue weighted by atomic mass is 79.9. The molecule has 0 radical (unpaired) electrons. The lowest BCUT2D eigenvalue weighted by molar-refractivity contribution is -0.151. The molecule has 262 valence electrons. The number of nitrogens with one attached hydrogen (secondary N) is 1. The van der Waals surface area contributed by atoms with Gasteiger partial charge in [0.1, 0.15) is 18.2 Å². The van der Waals surface area contributed by atoms with E-state index in [4.69, 9.17) is 9.47 Å². The van der Waals surface area contributed by atoms with Gasteiger partial charge in [-0.05, 0) is 30.4 Å². The van der Waals surface area contributed by atoms with Crippen LogP contribution in [0.4, 0.5) is 0 Å². The monoisotopic (exact) mass is 735 g/mol.